The van der Waals surface area contributed by atoms with Gasteiger partial charge in [-0.05, 0) is 81.1 Å². The summed E-state index contributed by atoms with van der Waals surface area (Å²) in [7, 11) is -4.31. The summed E-state index contributed by atoms with van der Waals surface area (Å²) >= 11 is 5.78. The van der Waals surface area contributed by atoms with Crippen LogP contribution in [0.5, 0.6) is 0 Å². The molecular formula is C36H45ClF3N6O9P. The first kappa shape index (κ1) is 45.9. The molecule has 0 unspecified atom stereocenters. The number of amides is 2. The molecule has 306 valence electrons. The van der Waals surface area contributed by atoms with Gasteiger partial charge in [0.15, 0.2) is 0 Å². The summed E-state index contributed by atoms with van der Waals surface area (Å²) in [6.07, 6.45) is -4.92. The van der Waals surface area contributed by atoms with E-state index in [2.05, 4.69) is 50.9 Å². The average molecular weight is 829 g/mol. The van der Waals surface area contributed by atoms with Crippen LogP contribution in [-0.2, 0) is 31.0 Å². The quantitative estimate of drug-likeness (QED) is 0.111. The van der Waals surface area contributed by atoms with Crippen molar-refractivity contribution >= 4 is 48.4 Å². The maximum atomic E-state index is 13.6. The largest absolute Gasteiger partial charge is 0.445 e. The first-order chi connectivity index (χ1) is 26.2. The van der Waals surface area contributed by atoms with Crippen LogP contribution in [-0.4, -0.2) is 86.2 Å². The predicted molar refractivity (Wildman–Crippen MR) is 204 cm³/mol. The molecule has 1 aromatic heterocycles. The third-order valence-electron chi connectivity index (χ3n) is 8.26. The standard InChI is InChI=1S/C14H9ClF3NO2.C14H22N2O.C8H14N3O6P/c15-9-3-4-11-10(7-9)13(14(16,17)18,21-12(20)19-11)6-5-8-1-2-8;1-5-16(6-2)10-13(17)15-14-11(3)8-7-9-12(14)4;9-7-1-2-11(8(13)10-7)3-6(4-12)17-5-18(14,15)16/h3-4,7-8H,1-2H2,(H,19,20);7-9H,5-6,10H2,1-4H3,(H,15,17);1-2,6,12H,3-5H2,(H2,9,10,13)(H2,14,15,16)/t13-;;6-/m0.0/s1. The maximum Gasteiger partial charge on any atom is 0.445 e. The molecule has 1 fully saturated rings. The van der Waals surface area contributed by atoms with Crippen molar-refractivity contribution in [1.82, 2.24) is 14.5 Å². The van der Waals surface area contributed by atoms with E-state index in [4.69, 9.17) is 37.0 Å². The summed E-state index contributed by atoms with van der Waals surface area (Å²) in [4.78, 5) is 57.6. The Kier molecular flexibility index (Phi) is 16.5. The van der Waals surface area contributed by atoms with Gasteiger partial charge in [0.1, 0.15) is 12.2 Å². The first-order valence-electron chi connectivity index (χ1n) is 17.3. The molecule has 20 heteroatoms. The molecule has 7 N–H and O–H groups in total. The van der Waals surface area contributed by atoms with Gasteiger partial charge in [0.2, 0.25) is 5.91 Å². The van der Waals surface area contributed by atoms with E-state index in [1.807, 2.05) is 32.0 Å². The summed E-state index contributed by atoms with van der Waals surface area (Å²) in [5.41, 5.74) is 4.56. The van der Waals surface area contributed by atoms with E-state index in [0.29, 0.717) is 6.54 Å². The minimum Gasteiger partial charge on any atom is -0.415 e. The SMILES string of the molecule is CCN(CC)CC(=O)Nc1c(C)cccc1C.Nc1ccn(C[C@@H](CO)OCP(=O)(O)O)c(=O)n1.O=C1Nc2ccc(Cl)cc2[C@@](C#CC2CC2)(C(F)(F)F)O1. The van der Waals surface area contributed by atoms with Crippen LogP contribution in [0.4, 0.5) is 35.2 Å². The fourth-order valence-electron chi connectivity index (χ4n) is 5.06. The van der Waals surface area contributed by atoms with Crippen LogP contribution < -0.4 is 22.1 Å². The van der Waals surface area contributed by atoms with E-state index in [0.717, 1.165) is 53.4 Å². The lowest BCUT2D eigenvalue weighted by Crippen LogP contribution is -2.49. The Balaban J connectivity index is 0.000000227. The first-order valence-corrected chi connectivity index (χ1v) is 19.5. The topological polar surface area (TPSA) is 219 Å². The van der Waals surface area contributed by atoms with E-state index in [-0.39, 0.29) is 40.5 Å². The number of aliphatic hydroxyl groups is 1. The zero-order valence-electron chi connectivity index (χ0n) is 31.1. The minimum absolute atomic E-state index is 0.00179. The highest BCUT2D eigenvalue weighted by atomic mass is 35.5. The number of carbonyl (C=O) groups excluding carboxylic acids is 2. The highest BCUT2D eigenvalue weighted by Gasteiger charge is 2.62. The number of carbonyl (C=O) groups is 2. The van der Waals surface area contributed by atoms with E-state index in [1.54, 1.807) is 0 Å². The van der Waals surface area contributed by atoms with E-state index in [1.165, 1.54) is 24.4 Å². The number of fused-ring (bicyclic) bond motifs is 1. The number of aliphatic hydroxyl groups excluding tert-OH is 1. The van der Waals surface area contributed by atoms with Crippen LogP contribution in [0, 0.1) is 31.6 Å². The van der Waals surface area contributed by atoms with E-state index in [9.17, 15) is 32.1 Å². The van der Waals surface area contributed by atoms with Gasteiger partial charge in [0.05, 0.1) is 31.5 Å². The lowest BCUT2D eigenvalue weighted by Gasteiger charge is -2.35. The van der Waals surface area contributed by atoms with Crippen LogP contribution in [0.25, 0.3) is 0 Å². The van der Waals surface area contributed by atoms with Crippen molar-refractivity contribution < 1.29 is 51.7 Å². The third-order valence-corrected chi connectivity index (χ3v) is 8.98. The molecule has 2 heterocycles. The third kappa shape index (κ3) is 13.6. The van der Waals surface area contributed by atoms with Crippen LogP contribution in [0.2, 0.25) is 5.02 Å². The number of rotatable bonds is 11. The molecule has 1 aliphatic carbocycles. The molecule has 5 rings (SSSR count). The number of aryl methyl sites for hydroxylation is 2. The lowest BCUT2D eigenvalue weighted by molar-refractivity contribution is -0.239. The molecule has 0 spiro atoms. The number of likely N-dealkylation sites (N-methyl/N-ethyl adjacent to an activating group) is 1. The van der Waals surface area contributed by atoms with Crippen molar-refractivity contribution in [3.8, 4) is 11.8 Å². The smallest absolute Gasteiger partial charge is 0.415 e. The second-order valence-corrected chi connectivity index (χ2v) is 14.8. The lowest BCUT2D eigenvalue weighted by atomic mass is 9.90. The molecule has 1 aliphatic heterocycles. The minimum atomic E-state index is -4.87. The van der Waals surface area contributed by atoms with E-state index < -0.39 is 50.2 Å². The Morgan fingerprint density at radius 2 is 1.84 bits per heavy atom. The van der Waals surface area contributed by atoms with Gasteiger partial charge < -0.3 is 35.4 Å². The van der Waals surface area contributed by atoms with Gasteiger partial charge in [-0.15, -0.1) is 0 Å². The zero-order chi connectivity index (χ0) is 41.8. The number of benzene rings is 2. The highest BCUT2D eigenvalue weighted by molar-refractivity contribution is 7.51. The Labute approximate surface area is 326 Å². The molecule has 2 amide bonds. The number of aromatic nitrogens is 2. The molecule has 15 nitrogen and oxygen atoms in total. The normalized spacial score (nSPS) is 16.7. The van der Waals surface area contributed by atoms with Crippen molar-refractivity contribution in [3.63, 3.8) is 0 Å². The van der Waals surface area contributed by atoms with Crippen LogP contribution in [0.1, 0.15) is 43.4 Å². The number of halogens is 4. The molecule has 2 aliphatic rings. The van der Waals surface area contributed by atoms with Crippen LogP contribution in [0.3, 0.4) is 0 Å². The number of alkyl halides is 3. The number of anilines is 3. The Morgan fingerprint density at radius 1 is 1.20 bits per heavy atom. The summed E-state index contributed by atoms with van der Waals surface area (Å²) in [5, 5.41) is 14.3. The van der Waals surface area contributed by atoms with Gasteiger partial charge in [0.25, 0.3) is 5.60 Å². The maximum absolute atomic E-state index is 13.6. The summed E-state index contributed by atoms with van der Waals surface area (Å²) in [5.74, 6) is 4.73. The van der Waals surface area contributed by atoms with Crippen molar-refractivity contribution in [3.05, 3.63) is 80.9 Å². The number of para-hydroxylation sites is 1. The number of nitrogen functional groups attached to an aromatic ring is 1. The summed E-state index contributed by atoms with van der Waals surface area (Å²) in [6, 6.07) is 11.2. The molecule has 56 heavy (non-hydrogen) atoms. The number of nitrogens with one attached hydrogen (secondary N) is 2. The molecule has 3 aromatic rings. The number of nitrogens with two attached hydrogens (primary N) is 1. The second-order valence-electron chi connectivity index (χ2n) is 12.8. The van der Waals surface area contributed by atoms with Gasteiger partial charge >= 0.3 is 25.6 Å². The Bertz CT molecular complexity index is 1990. The van der Waals surface area contributed by atoms with Gasteiger partial charge in [-0.25, -0.2) is 9.59 Å². The average Bonchev–Trinajstić information content (AvgIpc) is 3.95. The number of hydrogen-bond acceptors (Lipinski definition) is 10. The molecular weight excluding hydrogens is 784 g/mol. The fraction of sp³-hybridized carbons (Fsp3) is 0.444. The Morgan fingerprint density at radius 3 is 2.38 bits per heavy atom. The molecule has 2 atom stereocenters. The van der Waals surface area contributed by atoms with Crippen molar-refractivity contribution in [2.24, 2.45) is 5.92 Å². The number of ether oxygens (including phenoxy) is 2. The highest BCUT2D eigenvalue weighted by Crippen LogP contribution is 2.48. The van der Waals surface area contributed by atoms with Gasteiger partial charge in [0, 0.05) is 28.4 Å². The zero-order valence-corrected chi connectivity index (χ0v) is 32.7. The Hall–Kier alpha value is -4.47. The number of cyclic esters (lactones) is 1. The monoisotopic (exact) mass is 828 g/mol. The van der Waals surface area contributed by atoms with Crippen LogP contribution in [0.15, 0.2) is 53.5 Å². The van der Waals surface area contributed by atoms with Gasteiger partial charge in [-0.2, -0.15) is 18.2 Å². The van der Waals surface area contributed by atoms with Crippen LogP contribution >= 0.6 is 19.2 Å². The van der Waals surface area contributed by atoms with Gasteiger partial charge in [-0.3, -0.25) is 24.1 Å². The molecule has 1 saturated carbocycles. The molecule has 0 saturated heterocycles. The second kappa shape index (κ2) is 20.1. The number of nitrogens with zero attached hydrogens (tertiary/aromatic N) is 3. The summed E-state index contributed by atoms with van der Waals surface area (Å²) < 4.78 is 61.9. The molecule has 0 bridgehead atoms. The fourth-order valence-corrected chi connectivity index (χ4v) is 5.64. The molecule has 0 radical (unpaired) electrons. The molecule has 2 aromatic carbocycles. The van der Waals surface area contributed by atoms with Crippen molar-refractivity contribution in [2.45, 2.75) is 65.0 Å². The number of hydrogen-bond donors (Lipinski definition) is 6. The van der Waals surface area contributed by atoms with E-state index >= 15 is 0 Å². The van der Waals surface area contributed by atoms with Crippen molar-refractivity contribution in [2.75, 3.05) is 49.0 Å². The summed E-state index contributed by atoms with van der Waals surface area (Å²) in [6.45, 7) is 9.85. The van der Waals surface area contributed by atoms with Crippen molar-refractivity contribution in [1.29, 1.82) is 0 Å². The van der Waals surface area contributed by atoms with Gasteiger partial charge in [-0.1, -0.05) is 49.6 Å². The predicted octanol–water partition coefficient (Wildman–Crippen LogP) is 5.00.